The van der Waals surface area contributed by atoms with Gasteiger partial charge in [-0.1, -0.05) is 31.0 Å². The molecule has 2 rings (SSSR count). The van der Waals surface area contributed by atoms with Gasteiger partial charge in [0.15, 0.2) is 0 Å². The fraction of sp³-hybridized carbons (Fsp3) is 0.500. The van der Waals surface area contributed by atoms with E-state index in [2.05, 4.69) is 5.32 Å². The van der Waals surface area contributed by atoms with Gasteiger partial charge in [-0.15, -0.1) is 0 Å². The molecule has 1 unspecified atom stereocenters. The number of benzene rings is 1. The molecule has 1 aliphatic carbocycles. The quantitative estimate of drug-likeness (QED) is 0.862. The molecule has 98 valence electrons. The highest BCUT2D eigenvalue weighted by molar-refractivity contribution is 6.30. The summed E-state index contributed by atoms with van der Waals surface area (Å²) in [5.41, 5.74) is 2.51. The van der Waals surface area contributed by atoms with Crippen LogP contribution in [0.25, 0.3) is 0 Å². The van der Waals surface area contributed by atoms with Crippen molar-refractivity contribution >= 4 is 17.6 Å². The molecule has 2 atom stereocenters. The van der Waals surface area contributed by atoms with E-state index in [9.17, 15) is 4.79 Å². The summed E-state index contributed by atoms with van der Waals surface area (Å²) in [6.07, 6.45) is 3.29. The molecular formula is C14H18ClNO2. The maximum Gasteiger partial charge on any atom is 0.320 e. The Balaban J connectivity index is 2.00. The molecule has 2 N–H and O–H groups in total. The van der Waals surface area contributed by atoms with Gasteiger partial charge in [0.25, 0.3) is 0 Å². The summed E-state index contributed by atoms with van der Waals surface area (Å²) in [6.45, 7) is 2.00. The minimum atomic E-state index is -0.758. The van der Waals surface area contributed by atoms with Gasteiger partial charge in [0.2, 0.25) is 0 Å². The van der Waals surface area contributed by atoms with Gasteiger partial charge in [0, 0.05) is 11.1 Å². The fourth-order valence-electron chi connectivity index (χ4n) is 2.56. The molecule has 1 aliphatic rings. The second-order valence-corrected chi connectivity index (χ2v) is 5.30. The summed E-state index contributed by atoms with van der Waals surface area (Å²) in [4.78, 5) is 11.1. The standard InChI is InChI=1S/C14H18ClNO2/c1-2-3-13(14(17)18)16-12-7-9-4-5-11(15)6-10(9)8-12/h4-6,12-13,16H,2-3,7-8H2,1H3,(H,17,18)/t12?,13-/m0/s1. The van der Waals surface area contributed by atoms with Crippen molar-refractivity contribution in [3.8, 4) is 0 Å². The maximum absolute atomic E-state index is 11.1. The van der Waals surface area contributed by atoms with Crippen molar-refractivity contribution in [3.63, 3.8) is 0 Å². The molecule has 3 nitrogen and oxygen atoms in total. The van der Waals surface area contributed by atoms with Crippen LogP contribution < -0.4 is 5.32 Å². The van der Waals surface area contributed by atoms with Crippen molar-refractivity contribution in [1.82, 2.24) is 5.32 Å². The Bertz CT molecular complexity index is 447. The Labute approximate surface area is 112 Å². The molecule has 0 aromatic heterocycles. The lowest BCUT2D eigenvalue weighted by Gasteiger charge is -2.18. The van der Waals surface area contributed by atoms with Crippen molar-refractivity contribution in [3.05, 3.63) is 34.3 Å². The minimum absolute atomic E-state index is 0.214. The van der Waals surface area contributed by atoms with Gasteiger partial charge >= 0.3 is 5.97 Å². The number of halogens is 1. The number of carboxylic acid groups (broad SMARTS) is 1. The molecule has 0 heterocycles. The second kappa shape index (κ2) is 5.72. The topological polar surface area (TPSA) is 49.3 Å². The molecule has 0 aliphatic heterocycles. The van der Waals surface area contributed by atoms with Crippen LogP contribution >= 0.6 is 11.6 Å². The summed E-state index contributed by atoms with van der Waals surface area (Å²) in [5, 5.41) is 13.1. The fourth-order valence-corrected chi connectivity index (χ4v) is 2.75. The molecule has 1 aromatic rings. The average molecular weight is 268 g/mol. The number of carbonyl (C=O) groups is 1. The largest absolute Gasteiger partial charge is 0.480 e. The van der Waals surface area contributed by atoms with Crippen LogP contribution in [0.15, 0.2) is 18.2 Å². The van der Waals surface area contributed by atoms with Crippen LogP contribution in [0, 0.1) is 0 Å². The molecule has 18 heavy (non-hydrogen) atoms. The van der Waals surface area contributed by atoms with E-state index in [4.69, 9.17) is 16.7 Å². The van der Waals surface area contributed by atoms with E-state index in [1.807, 2.05) is 25.1 Å². The Morgan fingerprint density at radius 3 is 2.89 bits per heavy atom. The van der Waals surface area contributed by atoms with Crippen molar-refractivity contribution in [2.75, 3.05) is 0 Å². The number of nitrogens with one attached hydrogen (secondary N) is 1. The van der Waals surface area contributed by atoms with E-state index in [-0.39, 0.29) is 6.04 Å². The Morgan fingerprint density at radius 1 is 1.50 bits per heavy atom. The molecule has 0 radical (unpaired) electrons. The second-order valence-electron chi connectivity index (χ2n) is 4.86. The Morgan fingerprint density at radius 2 is 2.22 bits per heavy atom. The van der Waals surface area contributed by atoms with Gasteiger partial charge in [-0.25, -0.2) is 0 Å². The molecule has 0 saturated heterocycles. The lowest BCUT2D eigenvalue weighted by atomic mass is 10.1. The van der Waals surface area contributed by atoms with Gasteiger partial charge in [0.05, 0.1) is 0 Å². The van der Waals surface area contributed by atoms with Gasteiger partial charge in [-0.3, -0.25) is 4.79 Å². The van der Waals surface area contributed by atoms with Crippen molar-refractivity contribution in [2.24, 2.45) is 0 Å². The van der Waals surface area contributed by atoms with E-state index >= 15 is 0 Å². The smallest absolute Gasteiger partial charge is 0.320 e. The molecule has 0 saturated carbocycles. The van der Waals surface area contributed by atoms with Crippen molar-refractivity contribution < 1.29 is 9.90 Å². The first-order valence-corrected chi connectivity index (χ1v) is 6.74. The highest BCUT2D eigenvalue weighted by atomic mass is 35.5. The summed E-state index contributed by atoms with van der Waals surface area (Å²) in [5.74, 6) is -0.758. The predicted molar refractivity (Wildman–Crippen MR) is 72.1 cm³/mol. The van der Waals surface area contributed by atoms with Crippen LogP contribution in [0.5, 0.6) is 0 Å². The van der Waals surface area contributed by atoms with E-state index in [1.165, 1.54) is 11.1 Å². The van der Waals surface area contributed by atoms with Crippen LogP contribution in [-0.4, -0.2) is 23.2 Å². The van der Waals surface area contributed by atoms with Crippen molar-refractivity contribution in [2.45, 2.75) is 44.7 Å². The van der Waals surface area contributed by atoms with E-state index in [0.717, 1.165) is 24.3 Å². The highest BCUT2D eigenvalue weighted by Gasteiger charge is 2.26. The SMILES string of the molecule is CCC[C@H](NC1Cc2ccc(Cl)cc2C1)C(=O)O. The number of fused-ring (bicyclic) bond motifs is 1. The summed E-state index contributed by atoms with van der Waals surface area (Å²) in [7, 11) is 0. The minimum Gasteiger partial charge on any atom is -0.480 e. The van der Waals surface area contributed by atoms with Crippen LogP contribution in [0.1, 0.15) is 30.9 Å². The first-order chi connectivity index (χ1) is 8.60. The van der Waals surface area contributed by atoms with Crippen LogP contribution in [0.2, 0.25) is 5.02 Å². The summed E-state index contributed by atoms with van der Waals surface area (Å²) < 4.78 is 0. The lowest BCUT2D eigenvalue weighted by Crippen LogP contribution is -2.43. The number of carboxylic acids is 1. The van der Waals surface area contributed by atoms with Crippen LogP contribution in [0.3, 0.4) is 0 Å². The lowest BCUT2D eigenvalue weighted by molar-refractivity contribution is -0.139. The summed E-state index contributed by atoms with van der Waals surface area (Å²) >= 11 is 5.96. The van der Waals surface area contributed by atoms with E-state index < -0.39 is 12.0 Å². The molecular weight excluding hydrogens is 250 g/mol. The zero-order chi connectivity index (χ0) is 13.1. The number of hydrogen-bond acceptors (Lipinski definition) is 2. The Hall–Kier alpha value is -1.06. The third kappa shape index (κ3) is 3.03. The van der Waals surface area contributed by atoms with E-state index in [1.54, 1.807) is 0 Å². The average Bonchev–Trinajstić information content (AvgIpc) is 2.69. The van der Waals surface area contributed by atoms with Crippen LogP contribution in [0.4, 0.5) is 0 Å². The third-order valence-corrected chi connectivity index (χ3v) is 3.65. The molecule has 4 heteroatoms. The predicted octanol–water partition coefficient (Wildman–Crippen LogP) is 2.65. The highest BCUT2D eigenvalue weighted by Crippen LogP contribution is 2.25. The molecule has 0 bridgehead atoms. The molecule has 0 amide bonds. The summed E-state index contributed by atoms with van der Waals surface area (Å²) in [6, 6.07) is 5.68. The normalized spacial score (nSPS) is 19.6. The number of rotatable bonds is 5. The number of hydrogen-bond donors (Lipinski definition) is 2. The zero-order valence-corrected chi connectivity index (χ0v) is 11.2. The van der Waals surface area contributed by atoms with Gasteiger partial charge in [-0.2, -0.15) is 0 Å². The van der Waals surface area contributed by atoms with Crippen LogP contribution in [-0.2, 0) is 17.6 Å². The van der Waals surface area contributed by atoms with Gasteiger partial charge < -0.3 is 10.4 Å². The van der Waals surface area contributed by atoms with Gasteiger partial charge in [-0.05, 0) is 42.5 Å². The van der Waals surface area contributed by atoms with Crippen molar-refractivity contribution in [1.29, 1.82) is 0 Å². The molecule has 0 fully saturated rings. The first kappa shape index (κ1) is 13.4. The first-order valence-electron chi connectivity index (χ1n) is 6.36. The van der Waals surface area contributed by atoms with E-state index in [0.29, 0.717) is 6.42 Å². The monoisotopic (exact) mass is 267 g/mol. The maximum atomic E-state index is 11.1. The molecule has 0 spiro atoms. The number of aliphatic carboxylic acids is 1. The Kier molecular flexibility index (Phi) is 4.25. The zero-order valence-electron chi connectivity index (χ0n) is 10.4. The van der Waals surface area contributed by atoms with Gasteiger partial charge in [0.1, 0.15) is 6.04 Å². The third-order valence-electron chi connectivity index (χ3n) is 3.41. The molecule has 1 aromatic carbocycles.